The maximum atomic E-state index is 12.0. The molecule has 1 aromatic heterocycles. The van der Waals surface area contributed by atoms with Crippen LogP contribution >= 0.6 is 0 Å². The van der Waals surface area contributed by atoms with Crippen molar-refractivity contribution in [3.05, 3.63) is 22.6 Å². The summed E-state index contributed by atoms with van der Waals surface area (Å²) < 4.78 is 30.2. The molecule has 4 atom stereocenters. The molecule has 2 heterocycles. The molecular formula is C27H53N2O5SeSi3. The summed E-state index contributed by atoms with van der Waals surface area (Å²) in [6.45, 7) is 34.2. The molecule has 1 radical (unpaired) electrons. The average molecular weight is 649 g/mol. The molecule has 1 aliphatic heterocycles. The van der Waals surface area contributed by atoms with Crippen LogP contribution in [0.25, 0.3) is 0 Å². The Kier molecular flexibility index (Phi) is 10.1. The summed E-state index contributed by atoms with van der Waals surface area (Å²) in [5.41, 5.74) is -0.290. The molecule has 7 nitrogen and oxygen atoms in total. The zero-order valence-corrected chi connectivity index (χ0v) is 31.2. The summed E-state index contributed by atoms with van der Waals surface area (Å²) >= 11 is 2.95. The molecule has 0 bridgehead atoms. The zero-order chi connectivity index (χ0) is 29.7. The van der Waals surface area contributed by atoms with E-state index in [1.807, 2.05) is 4.57 Å². The van der Waals surface area contributed by atoms with Crippen LogP contribution in [0.3, 0.4) is 0 Å². The Morgan fingerprint density at radius 3 is 1.71 bits per heavy atom. The molecule has 0 spiro atoms. The van der Waals surface area contributed by atoms with Crippen LogP contribution in [0, 0.1) is 0 Å². The van der Waals surface area contributed by atoms with Gasteiger partial charge in [0.15, 0.2) is 0 Å². The van der Waals surface area contributed by atoms with Crippen LogP contribution in [0.1, 0.15) is 68.5 Å². The first-order valence-electron chi connectivity index (χ1n) is 13.7. The number of ether oxygens (including phenoxy) is 1. The van der Waals surface area contributed by atoms with Gasteiger partial charge in [-0.15, -0.1) is 0 Å². The molecule has 1 aliphatic rings. The fourth-order valence-corrected chi connectivity index (χ4v) is 7.62. The molecule has 2 rings (SSSR count). The van der Waals surface area contributed by atoms with Crippen LogP contribution < -0.4 is 10.3 Å². The molecule has 0 amide bonds. The standard InChI is InChI=1S/C27H53N2O5SeSi3/c1-25(2,3)36(10,11)31-18-19-21(33-37(12,13)26(4,5)6)22(34-38(14,15)27(7,8)9)23(32-19)29-17-16-20(30)28-24(29)35/h16-17,19,21-23H,18H2,1-15H3/t19-,21-,22-,23-/m1/s1. The molecule has 1 saturated heterocycles. The third-order valence-corrected chi connectivity index (χ3v) is 23.3. The Labute approximate surface area is 243 Å². The van der Waals surface area contributed by atoms with Crippen LogP contribution in [0.4, 0.5) is 0 Å². The minimum atomic E-state index is -2.24. The average Bonchev–Trinajstić information content (AvgIpc) is 3.00. The maximum absolute atomic E-state index is 12.0. The first-order valence-corrected chi connectivity index (χ1v) is 23.3. The van der Waals surface area contributed by atoms with Crippen molar-refractivity contribution >= 4 is 45.7 Å². The van der Waals surface area contributed by atoms with Crippen molar-refractivity contribution < 1.29 is 18.0 Å². The SMILES string of the molecule is CC(C)(C)[Si](C)(C)OC[C@H]1O[C@@H](n2ccc(=O)nc2[Se])[C@H](O[Si](C)(C)C(C)(C)C)[C@@H]1O[Si](C)(C)C(C)(C)C. The van der Waals surface area contributed by atoms with Gasteiger partial charge in [-0.2, -0.15) is 0 Å². The van der Waals surface area contributed by atoms with E-state index >= 15 is 0 Å². The van der Waals surface area contributed by atoms with E-state index in [1.165, 1.54) is 6.07 Å². The van der Waals surface area contributed by atoms with Crippen molar-refractivity contribution in [2.45, 2.75) is 141 Å². The Bertz CT molecular complexity index is 1030. The second kappa shape index (κ2) is 11.3. The first-order chi connectivity index (χ1) is 16.8. The summed E-state index contributed by atoms with van der Waals surface area (Å²) in [4.78, 5) is 16.1. The fraction of sp³-hybridized carbons (Fsp3) is 0.852. The summed E-state index contributed by atoms with van der Waals surface area (Å²) in [7, 11) is -6.49. The molecule has 1 aromatic rings. The van der Waals surface area contributed by atoms with Gasteiger partial charge in [0.1, 0.15) is 0 Å². The van der Waals surface area contributed by atoms with Crippen molar-refractivity contribution in [2.75, 3.05) is 6.61 Å². The molecule has 0 unspecified atom stereocenters. The van der Waals surface area contributed by atoms with E-state index in [1.54, 1.807) is 6.20 Å². The van der Waals surface area contributed by atoms with Crippen LogP contribution in [-0.2, 0) is 18.0 Å². The van der Waals surface area contributed by atoms with Gasteiger partial charge in [-0.1, -0.05) is 0 Å². The molecular weight excluding hydrogens is 596 g/mol. The number of rotatable bonds is 8. The van der Waals surface area contributed by atoms with Crippen molar-refractivity contribution in [3.63, 3.8) is 0 Å². The van der Waals surface area contributed by atoms with Crippen LogP contribution in [-0.4, -0.2) is 75.4 Å². The van der Waals surface area contributed by atoms with Gasteiger partial charge >= 0.3 is 244 Å². The zero-order valence-electron chi connectivity index (χ0n) is 26.5. The Morgan fingerprint density at radius 1 is 0.842 bits per heavy atom. The minimum absolute atomic E-state index is 0.00222. The van der Waals surface area contributed by atoms with Crippen LogP contribution in [0.15, 0.2) is 17.1 Å². The third kappa shape index (κ3) is 7.59. The van der Waals surface area contributed by atoms with Gasteiger partial charge in [-0.3, -0.25) is 0 Å². The monoisotopic (exact) mass is 649 g/mol. The molecule has 0 saturated carbocycles. The summed E-state index contributed by atoms with van der Waals surface area (Å²) in [6, 6.07) is 1.47. The van der Waals surface area contributed by atoms with E-state index in [0.29, 0.717) is 11.3 Å². The quantitative estimate of drug-likeness (QED) is 0.335. The van der Waals surface area contributed by atoms with E-state index < -0.39 is 31.2 Å². The summed E-state index contributed by atoms with van der Waals surface area (Å²) in [5, 5.41) is 0.0871. The second-order valence-corrected chi connectivity index (χ2v) is 30.4. The van der Waals surface area contributed by atoms with Crippen LogP contribution in [0.5, 0.6) is 0 Å². The van der Waals surface area contributed by atoms with E-state index in [2.05, 4.69) is 123 Å². The van der Waals surface area contributed by atoms with E-state index in [4.69, 9.17) is 18.0 Å². The molecule has 1 fully saturated rings. The molecule has 219 valence electrons. The molecule has 0 aromatic carbocycles. The van der Waals surface area contributed by atoms with E-state index in [-0.39, 0.29) is 39.0 Å². The summed E-state index contributed by atoms with van der Waals surface area (Å²) in [5.74, 6) is 0. The number of aromatic nitrogens is 2. The van der Waals surface area contributed by atoms with Gasteiger partial charge in [0.2, 0.25) is 0 Å². The van der Waals surface area contributed by atoms with Crippen molar-refractivity contribution in [2.24, 2.45) is 0 Å². The van der Waals surface area contributed by atoms with Crippen LogP contribution in [0.2, 0.25) is 54.4 Å². The Hall–Kier alpha value is -0.110. The van der Waals surface area contributed by atoms with Crippen molar-refractivity contribution in [1.29, 1.82) is 0 Å². The van der Waals surface area contributed by atoms with Gasteiger partial charge in [0, 0.05) is 0 Å². The third-order valence-electron chi connectivity index (χ3n) is 9.25. The molecule has 11 heteroatoms. The van der Waals surface area contributed by atoms with Gasteiger partial charge in [-0.05, 0) is 0 Å². The van der Waals surface area contributed by atoms with Gasteiger partial charge in [0.25, 0.3) is 0 Å². The predicted molar refractivity (Wildman–Crippen MR) is 165 cm³/mol. The number of hydrogen-bond acceptors (Lipinski definition) is 6. The normalized spacial score (nSPS) is 24.2. The van der Waals surface area contributed by atoms with Crippen molar-refractivity contribution in [3.8, 4) is 0 Å². The Balaban J connectivity index is 2.64. The van der Waals surface area contributed by atoms with E-state index in [9.17, 15) is 4.79 Å². The fourth-order valence-electron chi connectivity index (χ4n) is 3.47. The summed E-state index contributed by atoms with van der Waals surface area (Å²) in [6.07, 6.45) is 0.218. The predicted octanol–water partition coefficient (Wildman–Crippen LogP) is 5.74. The topological polar surface area (TPSA) is 71.8 Å². The van der Waals surface area contributed by atoms with Gasteiger partial charge in [-0.25, -0.2) is 0 Å². The van der Waals surface area contributed by atoms with E-state index in [0.717, 1.165) is 0 Å². The number of nitrogens with zero attached hydrogens (tertiary/aromatic N) is 2. The van der Waals surface area contributed by atoms with Gasteiger partial charge < -0.3 is 0 Å². The second-order valence-electron chi connectivity index (χ2n) is 15.3. The van der Waals surface area contributed by atoms with Crippen molar-refractivity contribution in [1.82, 2.24) is 9.55 Å². The molecule has 0 N–H and O–H groups in total. The molecule has 0 aliphatic carbocycles. The van der Waals surface area contributed by atoms with Gasteiger partial charge in [0.05, 0.1) is 0 Å². The first kappa shape index (κ1) is 34.1. The number of hydrogen-bond donors (Lipinski definition) is 0. The molecule has 38 heavy (non-hydrogen) atoms. The Morgan fingerprint density at radius 2 is 1.29 bits per heavy atom.